The second-order valence-electron chi connectivity index (χ2n) is 4.55. The fourth-order valence-corrected chi connectivity index (χ4v) is 2.78. The van der Waals surface area contributed by atoms with E-state index in [2.05, 4.69) is 41.1 Å². The summed E-state index contributed by atoms with van der Waals surface area (Å²) in [5.41, 5.74) is 1.86. The number of ether oxygens (including phenoxy) is 1. The zero-order valence-electron chi connectivity index (χ0n) is 8.22. The Bertz CT molecular complexity index is 382. The number of benzene rings is 1. The van der Waals surface area contributed by atoms with Gasteiger partial charge in [0.1, 0.15) is 5.75 Å². The van der Waals surface area contributed by atoms with E-state index in [0.29, 0.717) is 11.3 Å². The molecule has 2 aliphatic rings. The van der Waals surface area contributed by atoms with E-state index in [4.69, 9.17) is 4.74 Å². The van der Waals surface area contributed by atoms with Gasteiger partial charge in [0.25, 0.3) is 0 Å². The number of fused-ring (bicyclic) bond motifs is 1. The van der Waals surface area contributed by atoms with Crippen molar-refractivity contribution in [2.45, 2.75) is 25.7 Å². The summed E-state index contributed by atoms with van der Waals surface area (Å²) in [5.74, 6) is 1.74. The average Bonchev–Trinajstić information content (AvgIpc) is 2.94. The number of hydrogen-bond acceptors (Lipinski definition) is 1. The molecule has 1 nitrogen and oxygen atoms in total. The molecule has 1 aliphatic carbocycles. The molecule has 1 saturated carbocycles. The van der Waals surface area contributed by atoms with Crippen molar-refractivity contribution in [2.75, 3.05) is 6.61 Å². The summed E-state index contributed by atoms with van der Waals surface area (Å²) in [7, 11) is 0. The Morgan fingerprint density at radius 2 is 2.21 bits per heavy atom. The fourth-order valence-electron chi connectivity index (χ4n) is 2.40. The quantitative estimate of drug-likeness (QED) is 0.684. The Kier molecular flexibility index (Phi) is 1.73. The van der Waals surface area contributed by atoms with Gasteiger partial charge in [0.05, 0.1) is 6.61 Å². The molecule has 1 aromatic carbocycles. The van der Waals surface area contributed by atoms with Crippen LogP contribution in [-0.2, 0) is 0 Å². The SMILES string of the molecule is CC1c2cc(Br)ccc2OCC12CC2. The Hall–Kier alpha value is -0.500. The average molecular weight is 253 g/mol. The van der Waals surface area contributed by atoms with Gasteiger partial charge in [0.2, 0.25) is 0 Å². The van der Waals surface area contributed by atoms with Crippen LogP contribution in [0.4, 0.5) is 0 Å². The van der Waals surface area contributed by atoms with E-state index in [1.807, 2.05) is 0 Å². The normalized spacial score (nSPS) is 26.9. The van der Waals surface area contributed by atoms with Crippen molar-refractivity contribution < 1.29 is 4.74 Å². The maximum absolute atomic E-state index is 5.81. The van der Waals surface area contributed by atoms with Crippen LogP contribution >= 0.6 is 15.9 Å². The van der Waals surface area contributed by atoms with Crippen molar-refractivity contribution >= 4 is 15.9 Å². The first kappa shape index (κ1) is 8.78. The van der Waals surface area contributed by atoms with Crippen molar-refractivity contribution in [2.24, 2.45) is 5.41 Å². The summed E-state index contributed by atoms with van der Waals surface area (Å²) in [6, 6.07) is 6.33. The van der Waals surface area contributed by atoms with E-state index >= 15 is 0 Å². The smallest absolute Gasteiger partial charge is 0.122 e. The zero-order chi connectivity index (χ0) is 9.76. The summed E-state index contributed by atoms with van der Waals surface area (Å²) in [5, 5.41) is 0. The Morgan fingerprint density at radius 1 is 1.43 bits per heavy atom. The van der Waals surface area contributed by atoms with E-state index in [1.165, 1.54) is 18.4 Å². The molecule has 1 aromatic rings. The molecule has 1 heterocycles. The van der Waals surface area contributed by atoms with Gasteiger partial charge in [-0.2, -0.15) is 0 Å². The zero-order valence-corrected chi connectivity index (χ0v) is 9.80. The van der Waals surface area contributed by atoms with Crippen molar-refractivity contribution in [1.82, 2.24) is 0 Å². The molecule has 0 amide bonds. The third-order valence-electron chi connectivity index (χ3n) is 3.76. The molecule has 0 radical (unpaired) electrons. The summed E-state index contributed by atoms with van der Waals surface area (Å²) < 4.78 is 6.96. The largest absolute Gasteiger partial charge is 0.493 e. The summed E-state index contributed by atoms with van der Waals surface area (Å²) in [6.45, 7) is 3.25. The van der Waals surface area contributed by atoms with Crippen LogP contribution in [0.5, 0.6) is 5.75 Å². The third kappa shape index (κ3) is 1.13. The van der Waals surface area contributed by atoms with E-state index in [1.54, 1.807) is 0 Å². The van der Waals surface area contributed by atoms with Gasteiger partial charge in [-0.3, -0.25) is 0 Å². The van der Waals surface area contributed by atoms with Gasteiger partial charge in [0.15, 0.2) is 0 Å². The minimum Gasteiger partial charge on any atom is -0.493 e. The molecule has 1 aliphatic heterocycles. The predicted octanol–water partition coefficient (Wildman–Crippen LogP) is 3.73. The van der Waals surface area contributed by atoms with Crippen LogP contribution in [0.1, 0.15) is 31.2 Å². The molecular formula is C12H13BrO. The van der Waals surface area contributed by atoms with Gasteiger partial charge in [-0.05, 0) is 42.5 Å². The Balaban J connectivity index is 2.09. The van der Waals surface area contributed by atoms with Crippen molar-refractivity contribution in [3.8, 4) is 5.75 Å². The van der Waals surface area contributed by atoms with Crippen LogP contribution in [0.15, 0.2) is 22.7 Å². The van der Waals surface area contributed by atoms with Crippen LogP contribution in [0.2, 0.25) is 0 Å². The lowest BCUT2D eigenvalue weighted by Gasteiger charge is -2.31. The summed E-state index contributed by atoms with van der Waals surface area (Å²) >= 11 is 3.52. The molecule has 0 N–H and O–H groups in total. The highest BCUT2D eigenvalue weighted by molar-refractivity contribution is 9.10. The highest BCUT2D eigenvalue weighted by Crippen LogP contribution is 2.59. The monoisotopic (exact) mass is 252 g/mol. The molecule has 0 saturated heterocycles. The van der Waals surface area contributed by atoms with Gasteiger partial charge in [0, 0.05) is 9.89 Å². The number of halogens is 1. The van der Waals surface area contributed by atoms with Gasteiger partial charge in [-0.15, -0.1) is 0 Å². The predicted molar refractivity (Wildman–Crippen MR) is 59.7 cm³/mol. The highest BCUT2D eigenvalue weighted by atomic mass is 79.9. The molecule has 1 fully saturated rings. The maximum atomic E-state index is 5.81. The summed E-state index contributed by atoms with van der Waals surface area (Å²) in [4.78, 5) is 0. The Labute approximate surface area is 92.6 Å². The lowest BCUT2D eigenvalue weighted by molar-refractivity contribution is 0.182. The topological polar surface area (TPSA) is 9.23 Å². The van der Waals surface area contributed by atoms with Crippen LogP contribution < -0.4 is 4.74 Å². The molecule has 1 unspecified atom stereocenters. The second-order valence-corrected chi connectivity index (χ2v) is 5.47. The van der Waals surface area contributed by atoms with E-state index in [9.17, 15) is 0 Å². The molecule has 2 heteroatoms. The number of rotatable bonds is 0. The minimum absolute atomic E-state index is 0.480. The standard InChI is InChI=1S/C12H13BrO/c1-8-10-6-9(13)2-3-11(10)14-7-12(8)4-5-12/h2-3,6,8H,4-5,7H2,1H3. The van der Waals surface area contributed by atoms with Crippen LogP contribution in [-0.4, -0.2) is 6.61 Å². The van der Waals surface area contributed by atoms with Crippen molar-refractivity contribution in [3.63, 3.8) is 0 Å². The van der Waals surface area contributed by atoms with E-state index < -0.39 is 0 Å². The molecule has 14 heavy (non-hydrogen) atoms. The van der Waals surface area contributed by atoms with Crippen LogP contribution in [0.25, 0.3) is 0 Å². The highest BCUT2D eigenvalue weighted by Gasteiger charge is 2.51. The number of hydrogen-bond donors (Lipinski definition) is 0. The maximum Gasteiger partial charge on any atom is 0.122 e. The van der Waals surface area contributed by atoms with Crippen LogP contribution in [0.3, 0.4) is 0 Å². The molecule has 1 atom stereocenters. The van der Waals surface area contributed by atoms with Gasteiger partial charge in [-0.25, -0.2) is 0 Å². The summed E-state index contributed by atoms with van der Waals surface area (Å²) in [6.07, 6.45) is 2.67. The molecule has 0 bridgehead atoms. The lowest BCUT2D eigenvalue weighted by Crippen LogP contribution is -2.25. The van der Waals surface area contributed by atoms with Gasteiger partial charge < -0.3 is 4.74 Å². The van der Waals surface area contributed by atoms with Crippen LogP contribution in [0, 0.1) is 5.41 Å². The molecule has 74 valence electrons. The molecule has 1 spiro atoms. The lowest BCUT2D eigenvalue weighted by atomic mass is 9.83. The fraction of sp³-hybridized carbons (Fsp3) is 0.500. The minimum atomic E-state index is 0.480. The van der Waals surface area contributed by atoms with Crippen molar-refractivity contribution in [1.29, 1.82) is 0 Å². The van der Waals surface area contributed by atoms with Gasteiger partial charge >= 0.3 is 0 Å². The van der Waals surface area contributed by atoms with E-state index in [-0.39, 0.29) is 0 Å². The first-order valence-electron chi connectivity index (χ1n) is 5.14. The first-order chi connectivity index (χ1) is 6.71. The first-order valence-corrected chi connectivity index (χ1v) is 5.93. The molecule has 3 rings (SSSR count). The van der Waals surface area contributed by atoms with Crippen molar-refractivity contribution in [3.05, 3.63) is 28.2 Å². The molecule has 0 aromatic heterocycles. The Morgan fingerprint density at radius 3 is 2.93 bits per heavy atom. The van der Waals surface area contributed by atoms with Gasteiger partial charge in [-0.1, -0.05) is 22.9 Å². The third-order valence-corrected chi connectivity index (χ3v) is 4.26. The second kappa shape index (κ2) is 2.75. The molecular weight excluding hydrogens is 240 g/mol. The van der Waals surface area contributed by atoms with E-state index in [0.717, 1.165) is 16.8 Å².